The van der Waals surface area contributed by atoms with Gasteiger partial charge in [-0.2, -0.15) is 0 Å². The predicted molar refractivity (Wildman–Crippen MR) is 79.5 cm³/mol. The minimum Gasteiger partial charge on any atom is -0.508 e. The van der Waals surface area contributed by atoms with Crippen LogP contribution in [0.2, 0.25) is 0 Å². The van der Waals surface area contributed by atoms with Crippen molar-refractivity contribution in [1.29, 1.82) is 0 Å². The molecule has 2 rings (SSSR count). The highest BCUT2D eigenvalue weighted by Gasteiger charge is 1.93. The Morgan fingerprint density at radius 3 is 1.94 bits per heavy atom. The molecule has 1 N–H and O–H groups in total. The Labute approximate surface area is 109 Å². The molecule has 0 amide bonds. The molecule has 0 fully saturated rings. The van der Waals surface area contributed by atoms with Crippen molar-refractivity contribution in [3.05, 3.63) is 78.4 Å². The maximum Gasteiger partial charge on any atom is 0.118 e. The average Bonchev–Trinajstić information content (AvgIpc) is 2.43. The van der Waals surface area contributed by atoms with Crippen LogP contribution >= 0.6 is 0 Å². The predicted octanol–water partition coefficient (Wildman–Crippen LogP) is 4.67. The van der Waals surface area contributed by atoms with Crippen LogP contribution < -0.4 is 0 Å². The lowest BCUT2D eigenvalue weighted by molar-refractivity contribution is 0.471. The monoisotopic (exact) mass is 238 g/mol. The summed E-state index contributed by atoms with van der Waals surface area (Å²) in [7, 11) is 0. The van der Waals surface area contributed by atoms with Gasteiger partial charge in [-0.3, -0.25) is 0 Å². The summed E-state index contributed by atoms with van der Waals surface area (Å²) in [4.78, 5) is 0. The lowest BCUT2D eigenvalue weighted by atomic mass is 10.1. The summed E-state index contributed by atoms with van der Waals surface area (Å²) < 4.78 is 0. The van der Waals surface area contributed by atoms with Crippen molar-refractivity contribution in [2.45, 2.75) is 6.92 Å². The first-order valence-corrected chi connectivity index (χ1v) is 5.77. The van der Waals surface area contributed by atoms with Crippen molar-refractivity contribution < 1.29 is 5.11 Å². The standard InChI is InChI=1S/C9H10O.C8H8/c1-3-8-4-5-9(10)7(2)6-8;1-2-8-6-4-3-5-7-8/h3-6,10H,1H2,2H3;2-7H,1H2. The molecule has 2 aromatic rings. The number of benzene rings is 2. The Kier molecular flexibility index (Phi) is 5.46. The van der Waals surface area contributed by atoms with Gasteiger partial charge in [0.25, 0.3) is 0 Å². The maximum absolute atomic E-state index is 9.10. The SMILES string of the molecule is C=Cc1ccc(O)c(C)c1.C=Cc1ccccc1. The molecule has 0 aliphatic rings. The van der Waals surface area contributed by atoms with Gasteiger partial charge in [0.2, 0.25) is 0 Å². The van der Waals surface area contributed by atoms with E-state index in [1.54, 1.807) is 12.1 Å². The molecule has 18 heavy (non-hydrogen) atoms. The van der Waals surface area contributed by atoms with Crippen molar-refractivity contribution in [2.75, 3.05) is 0 Å². The summed E-state index contributed by atoms with van der Waals surface area (Å²) in [5.74, 6) is 0.339. The van der Waals surface area contributed by atoms with Crippen LogP contribution in [-0.2, 0) is 0 Å². The van der Waals surface area contributed by atoms with Gasteiger partial charge in [0.05, 0.1) is 0 Å². The number of rotatable bonds is 2. The molecule has 1 nitrogen and oxygen atoms in total. The number of hydrogen-bond acceptors (Lipinski definition) is 1. The normalized spacial score (nSPS) is 8.94. The van der Waals surface area contributed by atoms with E-state index >= 15 is 0 Å². The topological polar surface area (TPSA) is 20.2 Å². The van der Waals surface area contributed by atoms with Crippen LogP contribution in [0.1, 0.15) is 16.7 Å². The van der Waals surface area contributed by atoms with Gasteiger partial charge in [-0.05, 0) is 35.7 Å². The molecule has 0 saturated carbocycles. The van der Waals surface area contributed by atoms with Gasteiger partial charge in [-0.1, -0.05) is 61.7 Å². The van der Waals surface area contributed by atoms with Gasteiger partial charge < -0.3 is 5.11 Å². The molecule has 0 unspecified atom stereocenters. The molecule has 1 heteroatoms. The van der Waals surface area contributed by atoms with Crippen LogP contribution in [0, 0.1) is 6.92 Å². The summed E-state index contributed by atoms with van der Waals surface area (Å²) in [5, 5.41) is 9.10. The second kappa shape index (κ2) is 7.13. The molecule has 0 aliphatic heterocycles. The fraction of sp³-hybridized carbons (Fsp3) is 0.0588. The summed E-state index contributed by atoms with van der Waals surface area (Å²) in [5.41, 5.74) is 3.10. The Bertz CT molecular complexity index is 512. The lowest BCUT2D eigenvalue weighted by Crippen LogP contribution is -1.75. The smallest absolute Gasteiger partial charge is 0.118 e. The molecule has 0 bridgehead atoms. The highest BCUT2D eigenvalue weighted by atomic mass is 16.3. The minimum absolute atomic E-state index is 0.339. The highest BCUT2D eigenvalue weighted by Crippen LogP contribution is 2.16. The number of phenols is 1. The van der Waals surface area contributed by atoms with Crippen molar-refractivity contribution in [2.24, 2.45) is 0 Å². The lowest BCUT2D eigenvalue weighted by Gasteiger charge is -1.97. The van der Waals surface area contributed by atoms with E-state index < -0.39 is 0 Å². The molecule has 2 aromatic carbocycles. The second-order valence-electron chi connectivity index (χ2n) is 3.86. The maximum atomic E-state index is 9.10. The molecule has 0 saturated heterocycles. The number of aryl methyl sites for hydroxylation is 1. The molecule has 0 radical (unpaired) electrons. The molecular formula is C17H18O. The number of aromatic hydroxyl groups is 1. The summed E-state index contributed by atoms with van der Waals surface area (Å²) >= 11 is 0. The Morgan fingerprint density at radius 2 is 1.50 bits per heavy atom. The van der Waals surface area contributed by atoms with Gasteiger partial charge >= 0.3 is 0 Å². The van der Waals surface area contributed by atoms with Crippen LogP contribution in [0.4, 0.5) is 0 Å². The van der Waals surface area contributed by atoms with E-state index in [2.05, 4.69) is 13.2 Å². The van der Waals surface area contributed by atoms with Crippen molar-refractivity contribution in [3.63, 3.8) is 0 Å². The third kappa shape index (κ3) is 4.30. The molecule has 0 spiro atoms. The Balaban J connectivity index is 0.000000184. The minimum atomic E-state index is 0.339. The molecule has 0 atom stereocenters. The van der Waals surface area contributed by atoms with Crippen molar-refractivity contribution in [1.82, 2.24) is 0 Å². The quantitative estimate of drug-likeness (QED) is 0.805. The van der Waals surface area contributed by atoms with E-state index in [0.717, 1.165) is 11.1 Å². The van der Waals surface area contributed by atoms with Gasteiger partial charge in [0.15, 0.2) is 0 Å². The van der Waals surface area contributed by atoms with E-state index in [0.29, 0.717) is 5.75 Å². The molecule has 0 aliphatic carbocycles. The molecule has 0 aromatic heterocycles. The van der Waals surface area contributed by atoms with E-state index in [-0.39, 0.29) is 0 Å². The third-order valence-electron chi connectivity index (χ3n) is 2.49. The van der Waals surface area contributed by atoms with Gasteiger partial charge in [0.1, 0.15) is 5.75 Å². The van der Waals surface area contributed by atoms with Crippen LogP contribution in [0.5, 0.6) is 5.75 Å². The largest absolute Gasteiger partial charge is 0.508 e. The Morgan fingerprint density at radius 1 is 0.889 bits per heavy atom. The van der Waals surface area contributed by atoms with Crippen LogP contribution in [0.25, 0.3) is 12.2 Å². The summed E-state index contributed by atoms with van der Waals surface area (Å²) in [6.07, 6.45) is 3.59. The van der Waals surface area contributed by atoms with E-state index in [1.807, 2.05) is 55.5 Å². The zero-order chi connectivity index (χ0) is 13.4. The van der Waals surface area contributed by atoms with Crippen LogP contribution in [0.3, 0.4) is 0 Å². The first-order valence-electron chi connectivity index (χ1n) is 5.77. The van der Waals surface area contributed by atoms with Gasteiger partial charge in [-0.15, -0.1) is 0 Å². The average molecular weight is 238 g/mol. The second-order valence-corrected chi connectivity index (χ2v) is 3.86. The molecule has 92 valence electrons. The first kappa shape index (κ1) is 13.8. The number of hydrogen-bond donors (Lipinski definition) is 1. The number of phenolic OH excluding ortho intramolecular Hbond substituents is 1. The van der Waals surface area contributed by atoms with Crippen molar-refractivity contribution >= 4 is 12.2 Å². The highest BCUT2D eigenvalue weighted by molar-refractivity contribution is 5.50. The van der Waals surface area contributed by atoms with Gasteiger partial charge in [0, 0.05) is 0 Å². The van der Waals surface area contributed by atoms with E-state index in [9.17, 15) is 0 Å². The Hall–Kier alpha value is -2.28. The van der Waals surface area contributed by atoms with Crippen LogP contribution in [-0.4, -0.2) is 5.11 Å². The fourth-order valence-corrected chi connectivity index (χ4v) is 1.39. The third-order valence-corrected chi connectivity index (χ3v) is 2.49. The van der Waals surface area contributed by atoms with E-state index in [4.69, 9.17) is 5.11 Å². The first-order chi connectivity index (χ1) is 8.67. The zero-order valence-electron chi connectivity index (χ0n) is 10.6. The van der Waals surface area contributed by atoms with Gasteiger partial charge in [-0.25, -0.2) is 0 Å². The van der Waals surface area contributed by atoms with E-state index in [1.165, 1.54) is 5.56 Å². The molecule has 0 heterocycles. The summed E-state index contributed by atoms with van der Waals surface area (Å²) in [6, 6.07) is 15.4. The zero-order valence-corrected chi connectivity index (χ0v) is 10.6. The fourth-order valence-electron chi connectivity index (χ4n) is 1.39. The van der Waals surface area contributed by atoms with Crippen molar-refractivity contribution in [3.8, 4) is 5.75 Å². The molecular weight excluding hydrogens is 220 g/mol. The van der Waals surface area contributed by atoms with Crippen LogP contribution in [0.15, 0.2) is 61.7 Å². The summed E-state index contributed by atoms with van der Waals surface area (Å²) in [6.45, 7) is 9.11.